The van der Waals surface area contributed by atoms with E-state index in [1.54, 1.807) is 30.5 Å². The van der Waals surface area contributed by atoms with E-state index in [1.165, 1.54) is 6.33 Å². The zero-order chi connectivity index (χ0) is 23.1. The van der Waals surface area contributed by atoms with Gasteiger partial charge in [0.2, 0.25) is 5.60 Å². The maximum Gasteiger partial charge on any atom is 0.508 e. The first-order chi connectivity index (χ1) is 15.2. The number of carbonyl (C=O) groups excluding carboxylic acids is 1. The Morgan fingerprint density at radius 3 is 2.84 bits per heavy atom. The van der Waals surface area contributed by atoms with E-state index in [9.17, 15) is 10.1 Å². The summed E-state index contributed by atoms with van der Waals surface area (Å²) in [6.45, 7) is 7.32. The summed E-state index contributed by atoms with van der Waals surface area (Å²) in [5, 5.41) is 14.3. The molecule has 0 radical (unpaired) electrons. The molecule has 2 aliphatic rings. The summed E-state index contributed by atoms with van der Waals surface area (Å²) in [6.07, 6.45) is -0.835. The highest BCUT2D eigenvalue weighted by molar-refractivity contribution is 5.65. The van der Waals surface area contributed by atoms with E-state index in [4.69, 9.17) is 29.4 Å². The Morgan fingerprint density at radius 2 is 2.12 bits per heavy atom. The normalized spacial score (nSPS) is 29.4. The number of aromatic nitrogens is 3. The van der Waals surface area contributed by atoms with Gasteiger partial charge in [0.05, 0.1) is 12.3 Å². The Morgan fingerprint density at radius 1 is 1.34 bits per heavy atom. The van der Waals surface area contributed by atoms with Crippen LogP contribution in [-0.4, -0.2) is 57.6 Å². The van der Waals surface area contributed by atoms with Crippen molar-refractivity contribution in [2.45, 2.75) is 63.8 Å². The van der Waals surface area contributed by atoms with Gasteiger partial charge in [-0.05, 0) is 31.9 Å². The van der Waals surface area contributed by atoms with E-state index in [1.807, 2.05) is 13.8 Å². The molecule has 4 rings (SSSR count). The van der Waals surface area contributed by atoms with E-state index in [0.29, 0.717) is 17.0 Å². The molecule has 2 aromatic heterocycles. The van der Waals surface area contributed by atoms with Crippen molar-refractivity contribution in [2.24, 2.45) is 5.92 Å². The summed E-state index contributed by atoms with van der Waals surface area (Å²) in [7, 11) is 0. The third kappa shape index (κ3) is 3.85. The van der Waals surface area contributed by atoms with Gasteiger partial charge in [-0.3, -0.25) is 0 Å². The first kappa shape index (κ1) is 22.3. The van der Waals surface area contributed by atoms with Gasteiger partial charge in [-0.15, -0.1) is 0 Å². The number of fused-ring (bicyclic) bond motifs is 2. The highest BCUT2D eigenvalue weighted by atomic mass is 16.8. The molecule has 0 spiro atoms. The third-order valence-electron chi connectivity index (χ3n) is 5.80. The Kier molecular flexibility index (Phi) is 5.70. The number of carbonyl (C=O) groups is 1. The first-order valence-electron chi connectivity index (χ1n) is 10.5. The van der Waals surface area contributed by atoms with E-state index in [2.05, 4.69) is 16.2 Å². The molecule has 2 fully saturated rings. The van der Waals surface area contributed by atoms with Crippen molar-refractivity contribution in [3.63, 3.8) is 0 Å². The smallest absolute Gasteiger partial charge is 0.434 e. The Labute approximate surface area is 185 Å². The standard InChI is InChI=1S/C21H27N5O6/c1-5-12(2)8-28-19(27)29-10-21(9-22)17-16(30-20(3,4)32-17)15(31-21)13-6-7-14-18(23)24-11-25-26(13)14/h6-7,11-12,15-17H,5,8,10H2,1-4H3,(H2,23,24,25)/t12-,15-,16?,17?,21+/m0/s1. The molecule has 4 heterocycles. The van der Waals surface area contributed by atoms with Gasteiger partial charge in [-0.1, -0.05) is 20.3 Å². The Hall–Kier alpha value is -2.94. The molecule has 11 heteroatoms. The average molecular weight is 445 g/mol. The van der Waals surface area contributed by atoms with Gasteiger partial charge < -0.3 is 29.4 Å². The van der Waals surface area contributed by atoms with Crippen LogP contribution in [0.4, 0.5) is 10.6 Å². The Balaban J connectivity index is 1.60. The second kappa shape index (κ2) is 8.20. The highest BCUT2D eigenvalue weighted by Crippen LogP contribution is 2.50. The summed E-state index contributed by atoms with van der Waals surface area (Å²) in [5.74, 6) is -0.450. The number of anilines is 1. The van der Waals surface area contributed by atoms with Crippen LogP contribution in [0.15, 0.2) is 18.5 Å². The summed E-state index contributed by atoms with van der Waals surface area (Å²) in [6, 6.07) is 5.69. The van der Waals surface area contributed by atoms with Crippen LogP contribution in [0, 0.1) is 17.2 Å². The van der Waals surface area contributed by atoms with E-state index in [-0.39, 0.29) is 19.1 Å². The lowest BCUT2D eigenvalue weighted by Crippen LogP contribution is -2.46. The molecular weight excluding hydrogens is 418 g/mol. The van der Waals surface area contributed by atoms with Crippen molar-refractivity contribution >= 4 is 17.5 Å². The van der Waals surface area contributed by atoms with Crippen LogP contribution in [0.25, 0.3) is 5.52 Å². The fourth-order valence-corrected chi connectivity index (χ4v) is 3.92. The van der Waals surface area contributed by atoms with Crippen molar-refractivity contribution in [2.75, 3.05) is 18.9 Å². The van der Waals surface area contributed by atoms with Crippen LogP contribution in [0.5, 0.6) is 0 Å². The van der Waals surface area contributed by atoms with Gasteiger partial charge in [-0.2, -0.15) is 10.4 Å². The van der Waals surface area contributed by atoms with Crippen molar-refractivity contribution in [3.05, 3.63) is 24.2 Å². The zero-order valence-electron chi connectivity index (χ0n) is 18.5. The number of hydrogen-bond acceptors (Lipinski definition) is 10. The lowest BCUT2D eigenvalue weighted by Gasteiger charge is -2.28. The lowest BCUT2D eigenvalue weighted by molar-refractivity contribution is -0.205. The maximum absolute atomic E-state index is 12.1. The zero-order valence-corrected chi connectivity index (χ0v) is 18.5. The minimum Gasteiger partial charge on any atom is -0.434 e. The van der Waals surface area contributed by atoms with Crippen LogP contribution >= 0.6 is 0 Å². The first-order valence-corrected chi connectivity index (χ1v) is 10.5. The average Bonchev–Trinajstić information content (AvgIpc) is 3.41. The fraction of sp³-hybridized carbons (Fsp3) is 0.619. The molecule has 0 saturated carbocycles. The van der Waals surface area contributed by atoms with Crippen molar-refractivity contribution in [1.29, 1.82) is 5.26 Å². The van der Waals surface area contributed by atoms with E-state index >= 15 is 0 Å². The number of ether oxygens (including phenoxy) is 5. The molecule has 2 aliphatic heterocycles. The van der Waals surface area contributed by atoms with Crippen LogP contribution in [0.1, 0.15) is 45.9 Å². The highest BCUT2D eigenvalue weighted by Gasteiger charge is 2.65. The second-order valence-corrected chi connectivity index (χ2v) is 8.62. The molecule has 172 valence electrons. The number of nitrogens with two attached hydrogens (primary N) is 1. The van der Waals surface area contributed by atoms with Crippen molar-refractivity contribution in [3.8, 4) is 6.07 Å². The summed E-state index contributed by atoms with van der Waals surface area (Å²) in [5.41, 5.74) is 5.56. The monoisotopic (exact) mass is 445 g/mol. The van der Waals surface area contributed by atoms with Gasteiger partial charge in [0.25, 0.3) is 0 Å². The number of rotatable bonds is 6. The van der Waals surface area contributed by atoms with Crippen molar-refractivity contribution in [1.82, 2.24) is 14.6 Å². The topological polar surface area (TPSA) is 143 Å². The fourth-order valence-electron chi connectivity index (χ4n) is 3.92. The van der Waals surface area contributed by atoms with Gasteiger partial charge in [-0.25, -0.2) is 14.3 Å². The van der Waals surface area contributed by atoms with E-state index in [0.717, 1.165) is 6.42 Å². The minimum absolute atomic E-state index is 0.202. The Bertz CT molecular complexity index is 1050. The molecule has 5 atom stereocenters. The second-order valence-electron chi connectivity index (χ2n) is 8.62. The molecule has 32 heavy (non-hydrogen) atoms. The summed E-state index contributed by atoms with van der Waals surface area (Å²) < 4.78 is 30.3. The number of hydrogen-bond donors (Lipinski definition) is 1. The summed E-state index contributed by atoms with van der Waals surface area (Å²) in [4.78, 5) is 16.1. The minimum atomic E-state index is -1.60. The third-order valence-corrected chi connectivity index (χ3v) is 5.80. The quantitative estimate of drug-likeness (QED) is 0.658. The molecule has 11 nitrogen and oxygen atoms in total. The largest absolute Gasteiger partial charge is 0.508 e. The summed E-state index contributed by atoms with van der Waals surface area (Å²) >= 11 is 0. The lowest BCUT2D eigenvalue weighted by atomic mass is 9.96. The number of nitrogens with zero attached hydrogens (tertiary/aromatic N) is 4. The van der Waals surface area contributed by atoms with Gasteiger partial charge in [0, 0.05) is 0 Å². The molecule has 2 N–H and O–H groups in total. The molecule has 0 bridgehead atoms. The predicted octanol–water partition coefficient (Wildman–Crippen LogP) is 2.36. The number of nitriles is 1. The molecule has 2 aromatic rings. The van der Waals surface area contributed by atoms with Crippen molar-refractivity contribution < 1.29 is 28.5 Å². The van der Waals surface area contributed by atoms with Gasteiger partial charge in [0.1, 0.15) is 42.8 Å². The van der Waals surface area contributed by atoms with E-state index < -0.39 is 35.9 Å². The van der Waals surface area contributed by atoms with Gasteiger partial charge >= 0.3 is 6.16 Å². The molecule has 2 unspecified atom stereocenters. The predicted molar refractivity (Wildman–Crippen MR) is 110 cm³/mol. The molecule has 0 aromatic carbocycles. The van der Waals surface area contributed by atoms with Crippen LogP contribution < -0.4 is 5.73 Å². The van der Waals surface area contributed by atoms with Gasteiger partial charge in [0.15, 0.2) is 11.6 Å². The maximum atomic E-state index is 12.1. The SMILES string of the molecule is CC[C@H](C)COC(=O)OC[C@@]1(C#N)O[C@@H](c2ccc3c(N)ncnn23)C2OC(C)(C)OC21. The van der Waals surface area contributed by atoms with Crippen LogP contribution in [0.2, 0.25) is 0 Å². The van der Waals surface area contributed by atoms with Crippen LogP contribution in [0.3, 0.4) is 0 Å². The molecule has 2 saturated heterocycles. The van der Waals surface area contributed by atoms with Crippen LogP contribution in [-0.2, 0) is 23.7 Å². The molecular formula is C21H27N5O6. The molecule has 0 amide bonds. The molecule has 0 aliphatic carbocycles. The number of nitrogen functional groups attached to an aromatic ring is 1.